The van der Waals surface area contributed by atoms with Crippen LogP contribution in [0.5, 0.6) is 0 Å². The van der Waals surface area contributed by atoms with Gasteiger partial charge in [0.05, 0.1) is 18.1 Å². The summed E-state index contributed by atoms with van der Waals surface area (Å²) < 4.78 is 10.1. The summed E-state index contributed by atoms with van der Waals surface area (Å²) in [6, 6.07) is 3.45. The molecule has 0 bridgehead atoms. The van der Waals surface area contributed by atoms with Crippen LogP contribution in [0.3, 0.4) is 0 Å². The van der Waals surface area contributed by atoms with Gasteiger partial charge in [0.25, 0.3) is 0 Å². The van der Waals surface area contributed by atoms with Crippen molar-refractivity contribution in [2.24, 2.45) is 0 Å². The lowest BCUT2D eigenvalue weighted by atomic mass is 10.1. The topological polar surface area (TPSA) is 55.8 Å². The quantitative estimate of drug-likeness (QED) is 0.637. The van der Waals surface area contributed by atoms with E-state index in [2.05, 4.69) is 6.58 Å². The molecule has 0 aliphatic carbocycles. The zero-order chi connectivity index (χ0) is 13.8. The Morgan fingerprint density at radius 2 is 2.00 bits per heavy atom. The van der Waals surface area contributed by atoms with Crippen molar-refractivity contribution >= 4 is 23.1 Å². The first-order chi connectivity index (χ1) is 8.43. The molecule has 1 atom stereocenters. The van der Waals surface area contributed by atoms with E-state index in [1.54, 1.807) is 19.1 Å². The Morgan fingerprint density at radius 3 is 2.56 bits per heavy atom. The summed E-state index contributed by atoms with van der Waals surface area (Å²) in [4.78, 5) is 13.0. The Labute approximate surface area is 111 Å². The second kappa shape index (κ2) is 6.02. The Bertz CT molecular complexity index is 434. The van der Waals surface area contributed by atoms with Gasteiger partial charge >= 0.3 is 5.97 Å². The predicted molar refractivity (Wildman–Crippen MR) is 71.2 cm³/mol. The molecule has 0 saturated carbocycles. The molecule has 1 rings (SSSR count). The van der Waals surface area contributed by atoms with Gasteiger partial charge < -0.3 is 14.6 Å². The van der Waals surface area contributed by atoms with Crippen LogP contribution in [0, 0.1) is 0 Å². The molecule has 1 unspecified atom stereocenters. The first kappa shape index (κ1) is 14.7. The molecule has 4 nitrogen and oxygen atoms in total. The van der Waals surface area contributed by atoms with E-state index in [4.69, 9.17) is 9.47 Å². The van der Waals surface area contributed by atoms with Gasteiger partial charge in [-0.25, -0.2) is 4.79 Å². The first-order valence-corrected chi connectivity index (χ1v) is 6.57. The monoisotopic (exact) mass is 270 g/mol. The number of rotatable bonds is 6. The van der Waals surface area contributed by atoms with Gasteiger partial charge in [0, 0.05) is 4.88 Å². The molecule has 1 heterocycles. The maximum absolute atomic E-state index is 11.7. The molecule has 5 heteroatoms. The molecular weight excluding hydrogens is 252 g/mol. The highest BCUT2D eigenvalue weighted by Gasteiger charge is 2.35. The van der Waals surface area contributed by atoms with E-state index >= 15 is 0 Å². The summed E-state index contributed by atoms with van der Waals surface area (Å²) in [5.74, 6) is -0.117. The van der Waals surface area contributed by atoms with Crippen molar-refractivity contribution in [2.75, 3.05) is 13.2 Å². The second-order valence-corrected chi connectivity index (χ2v) is 4.90. The maximum atomic E-state index is 11.7. The van der Waals surface area contributed by atoms with Gasteiger partial charge in [-0.05, 0) is 32.9 Å². The lowest BCUT2D eigenvalue weighted by Crippen LogP contribution is -2.33. The molecule has 0 aliphatic heterocycles. The van der Waals surface area contributed by atoms with Crippen molar-refractivity contribution in [3.8, 4) is 0 Å². The molecule has 0 amide bonds. The molecule has 1 aromatic heterocycles. The first-order valence-electron chi connectivity index (χ1n) is 5.75. The van der Waals surface area contributed by atoms with E-state index in [0.29, 0.717) is 17.2 Å². The SMILES string of the molecule is C=C(OCC)c1ccc(C(C)(O)C(=O)OCC)s1. The Morgan fingerprint density at radius 1 is 1.39 bits per heavy atom. The normalized spacial score (nSPS) is 13.8. The summed E-state index contributed by atoms with van der Waals surface area (Å²) in [6.07, 6.45) is 0. The predicted octanol–water partition coefficient (Wildman–Crippen LogP) is 2.53. The molecule has 1 N–H and O–H groups in total. The van der Waals surface area contributed by atoms with Gasteiger partial charge in [0.15, 0.2) is 5.60 Å². The van der Waals surface area contributed by atoms with E-state index in [0.717, 1.165) is 4.88 Å². The third kappa shape index (κ3) is 3.11. The van der Waals surface area contributed by atoms with E-state index in [-0.39, 0.29) is 6.61 Å². The molecule has 100 valence electrons. The summed E-state index contributed by atoms with van der Waals surface area (Å²) in [5.41, 5.74) is -1.63. The van der Waals surface area contributed by atoms with Gasteiger partial charge in [-0.1, -0.05) is 6.58 Å². The highest BCUT2D eigenvalue weighted by atomic mass is 32.1. The van der Waals surface area contributed by atoms with Gasteiger partial charge in [-0.3, -0.25) is 0 Å². The van der Waals surface area contributed by atoms with E-state index in [1.165, 1.54) is 18.3 Å². The number of aliphatic hydroxyl groups is 1. The van der Waals surface area contributed by atoms with Crippen molar-refractivity contribution in [1.29, 1.82) is 0 Å². The van der Waals surface area contributed by atoms with Crippen LogP contribution in [0.2, 0.25) is 0 Å². The standard InChI is InChI=1S/C13H18O4S/c1-5-16-9(3)10-7-8-11(18-10)13(4,15)12(14)17-6-2/h7-8,15H,3,5-6H2,1-2,4H3. The molecule has 1 aromatic rings. The molecule has 0 radical (unpaired) electrons. The van der Waals surface area contributed by atoms with Crippen LogP contribution >= 0.6 is 11.3 Å². The van der Waals surface area contributed by atoms with Crippen LogP contribution in [0.15, 0.2) is 18.7 Å². The fraction of sp³-hybridized carbons (Fsp3) is 0.462. The van der Waals surface area contributed by atoms with Crippen LogP contribution in [-0.2, 0) is 19.9 Å². The third-order valence-corrected chi connectivity index (χ3v) is 3.69. The highest BCUT2D eigenvalue weighted by Crippen LogP contribution is 2.32. The number of ether oxygens (including phenoxy) is 2. The average Bonchev–Trinajstić information content (AvgIpc) is 2.79. The summed E-state index contributed by atoms with van der Waals surface area (Å²) in [5, 5.41) is 10.2. The van der Waals surface area contributed by atoms with E-state index in [9.17, 15) is 9.90 Å². The maximum Gasteiger partial charge on any atom is 0.343 e. The second-order valence-electron chi connectivity index (χ2n) is 3.81. The number of hydrogen-bond acceptors (Lipinski definition) is 5. The minimum Gasteiger partial charge on any atom is -0.493 e. The molecule has 0 saturated heterocycles. The number of esters is 1. The Balaban J connectivity index is 2.90. The minimum atomic E-state index is -1.63. The summed E-state index contributed by atoms with van der Waals surface area (Å²) in [6.45, 7) is 9.53. The fourth-order valence-electron chi connectivity index (χ4n) is 1.37. The van der Waals surface area contributed by atoms with Crippen molar-refractivity contribution in [1.82, 2.24) is 0 Å². The Kier molecular flexibility index (Phi) is 4.93. The minimum absolute atomic E-state index is 0.235. The molecular formula is C13H18O4S. The van der Waals surface area contributed by atoms with Crippen LogP contribution < -0.4 is 0 Å². The zero-order valence-electron chi connectivity index (χ0n) is 10.9. The van der Waals surface area contributed by atoms with Crippen molar-refractivity contribution < 1.29 is 19.4 Å². The fourth-order valence-corrected chi connectivity index (χ4v) is 2.33. The van der Waals surface area contributed by atoms with Crippen LogP contribution in [-0.4, -0.2) is 24.3 Å². The Hall–Kier alpha value is -1.33. The molecule has 0 aliphatic rings. The average molecular weight is 270 g/mol. The van der Waals surface area contributed by atoms with Gasteiger partial charge in [-0.2, -0.15) is 0 Å². The van der Waals surface area contributed by atoms with Crippen LogP contribution in [0.25, 0.3) is 5.76 Å². The highest BCUT2D eigenvalue weighted by molar-refractivity contribution is 7.13. The van der Waals surface area contributed by atoms with Crippen LogP contribution in [0.4, 0.5) is 0 Å². The molecule has 0 fully saturated rings. The smallest absolute Gasteiger partial charge is 0.343 e. The van der Waals surface area contributed by atoms with Crippen LogP contribution in [0.1, 0.15) is 30.5 Å². The van der Waals surface area contributed by atoms with Gasteiger partial charge in [0.2, 0.25) is 0 Å². The number of thiophene rings is 1. The molecule has 0 aromatic carbocycles. The molecule has 0 spiro atoms. The van der Waals surface area contributed by atoms with Crippen molar-refractivity contribution in [2.45, 2.75) is 26.4 Å². The summed E-state index contributed by atoms with van der Waals surface area (Å²) >= 11 is 1.27. The number of carbonyl (C=O) groups is 1. The third-order valence-electron chi connectivity index (χ3n) is 2.35. The number of hydrogen-bond donors (Lipinski definition) is 1. The van der Waals surface area contributed by atoms with Crippen molar-refractivity contribution in [3.63, 3.8) is 0 Å². The lowest BCUT2D eigenvalue weighted by Gasteiger charge is -2.19. The van der Waals surface area contributed by atoms with E-state index in [1.807, 2.05) is 6.92 Å². The van der Waals surface area contributed by atoms with Crippen molar-refractivity contribution in [3.05, 3.63) is 28.5 Å². The van der Waals surface area contributed by atoms with Gasteiger partial charge in [0.1, 0.15) is 5.76 Å². The number of carbonyl (C=O) groups excluding carboxylic acids is 1. The van der Waals surface area contributed by atoms with E-state index < -0.39 is 11.6 Å². The summed E-state index contributed by atoms with van der Waals surface area (Å²) in [7, 11) is 0. The van der Waals surface area contributed by atoms with Gasteiger partial charge in [-0.15, -0.1) is 11.3 Å². The molecule has 18 heavy (non-hydrogen) atoms. The lowest BCUT2D eigenvalue weighted by molar-refractivity contribution is -0.163. The largest absolute Gasteiger partial charge is 0.493 e. The zero-order valence-corrected chi connectivity index (χ0v) is 11.7.